The zero-order valence-corrected chi connectivity index (χ0v) is 14.6. The van der Waals surface area contributed by atoms with E-state index in [9.17, 15) is 5.11 Å². The van der Waals surface area contributed by atoms with Crippen LogP contribution < -0.4 is 5.32 Å². The van der Waals surface area contributed by atoms with Gasteiger partial charge < -0.3 is 15.0 Å². The summed E-state index contributed by atoms with van der Waals surface area (Å²) in [6.45, 7) is 0.805. The summed E-state index contributed by atoms with van der Waals surface area (Å²) in [5, 5.41) is 13.9. The third kappa shape index (κ3) is 3.11. The van der Waals surface area contributed by atoms with E-state index in [1.54, 1.807) is 18.5 Å². The molecule has 2 heterocycles. The van der Waals surface area contributed by atoms with E-state index in [0.717, 1.165) is 41.1 Å². The van der Waals surface area contributed by atoms with Gasteiger partial charge >= 0.3 is 0 Å². The topological polar surface area (TPSA) is 63.0 Å². The van der Waals surface area contributed by atoms with E-state index in [1.165, 1.54) is 5.56 Å². The lowest BCUT2D eigenvalue weighted by Crippen LogP contribution is -2.07. The average Bonchev–Trinajstić information content (AvgIpc) is 3.01. The lowest BCUT2D eigenvalue weighted by molar-refractivity contribution is 0.475. The highest BCUT2D eigenvalue weighted by atomic mass is 16.3. The quantitative estimate of drug-likeness (QED) is 0.574. The third-order valence-corrected chi connectivity index (χ3v) is 4.54. The number of rotatable bonds is 5. The molecule has 0 saturated carbocycles. The van der Waals surface area contributed by atoms with Gasteiger partial charge in [-0.15, -0.1) is 0 Å². The van der Waals surface area contributed by atoms with Crippen molar-refractivity contribution in [3.63, 3.8) is 0 Å². The van der Waals surface area contributed by atoms with Crippen LogP contribution in [0.3, 0.4) is 0 Å². The third-order valence-electron chi connectivity index (χ3n) is 4.54. The Kier molecular flexibility index (Phi) is 4.27. The van der Waals surface area contributed by atoms with Gasteiger partial charge in [-0.1, -0.05) is 30.3 Å². The first-order valence-corrected chi connectivity index (χ1v) is 8.60. The van der Waals surface area contributed by atoms with Gasteiger partial charge in [0.15, 0.2) is 0 Å². The van der Waals surface area contributed by atoms with Crippen LogP contribution in [0.5, 0.6) is 5.75 Å². The highest BCUT2D eigenvalue weighted by Crippen LogP contribution is 2.30. The fourth-order valence-corrected chi connectivity index (χ4v) is 3.15. The maximum Gasteiger partial charge on any atom is 0.145 e. The van der Waals surface area contributed by atoms with E-state index in [4.69, 9.17) is 0 Å². The number of phenols is 1. The van der Waals surface area contributed by atoms with Crippen LogP contribution in [0.4, 0.5) is 5.82 Å². The normalized spacial score (nSPS) is 11.0. The number of hydrogen-bond donors (Lipinski definition) is 2. The Bertz CT molecular complexity index is 1020. The number of nitrogens with zero attached hydrogens (tertiary/aromatic N) is 3. The molecule has 0 radical (unpaired) electrons. The fourth-order valence-electron chi connectivity index (χ4n) is 3.15. The van der Waals surface area contributed by atoms with Crippen LogP contribution in [0, 0.1) is 0 Å². The lowest BCUT2D eigenvalue weighted by Gasteiger charge is -2.07. The number of hydrogen-bond acceptors (Lipinski definition) is 4. The number of aromatic nitrogens is 3. The Morgan fingerprint density at radius 3 is 2.54 bits per heavy atom. The summed E-state index contributed by atoms with van der Waals surface area (Å²) in [6.07, 6.45) is 2.53. The number of anilines is 1. The predicted molar refractivity (Wildman–Crippen MR) is 104 cm³/mol. The Morgan fingerprint density at radius 2 is 1.77 bits per heavy atom. The molecule has 0 fully saturated rings. The number of aromatic hydroxyl groups is 1. The van der Waals surface area contributed by atoms with Crippen LogP contribution in [0.15, 0.2) is 67.0 Å². The predicted octanol–water partition coefficient (Wildman–Crippen LogP) is 4.00. The van der Waals surface area contributed by atoms with Crippen molar-refractivity contribution in [1.29, 1.82) is 0 Å². The number of fused-ring (bicyclic) bond motifs is 1. The second-order valence-electron chi connectivity index (χ2n) is 6.26. The largest absolute Gasteiger partial charge is 0.508 e. The van der Waals surface area contributed by atoms with Gasteiger partial charge in [-0.25, -0.2) is 9.97 Å². The monoisotopic (exact) mass is 344 g/mol. The minimum Gasteiger partial charge on any atom is -0.508 e. The van der Waals surface area contributed by atoms with Crippen molar-refractivity contribution < 1.29 is 5.11 Å². The van der Waals surface area contributed by atoms with Crippen LogP contribution in [-0.2, 0) is 13.5 Å². The lowest BCUT2D eigenvalue weighted by atomic mass is 10.1. The second kappa shape index (κ2) is 6.88. The molecule has 0 aliphatic heterocycles. The van der Waals surface area contributed by atoms with Gasteiger partial charge in [-0.2, -0.15) is 0 Å². The van der Waals surface area contributed by atoms with Crippen molar-refractivity contribution in [3.05, 3.63) is 72.6 Å². The Labute approximate surface area is 152 Å². The summed E-state index contributed by atoms with van der Waals surface area (Å²) in [7, 11) is 1.99. The average molecular weight is 344 g/mol. The molecule has 26 heavy (non-hydrogen) atoms. The highest BCUT2D eigenvalue weighted by molar-refractivity contribution is 5.92. The zero-order chi connectivity index (χ0) is 17.9. The minimum absolute atomic E-state index is 0.260. The maximum absolute atomic E-state index is 9.51. The van der Waals surface area contributed by atoms with Crippen LogP contribution >= 0.6 is 0 Å². The van der Waals surface area contributed by atoms with Crippen LogP contribution in [0.25, 0.3) is 22.3 Å². The van der Waals surface area contributed by atoms with E-state index < -0.39 is 0 Å². The molecule has 4 rings (SSSR count). The summed E-state index contributed by atoms with van der Waals surface area (Å²) in [6, 6.07) is 19.7. The Hall–Kier alpha value is -3.34. The SMILES string of the molecule is Cn1c(-c2ccc(O)cc2)cc2c(NCCc3ccccc3)ncnc21. The smallest absolute Gasteiger partial charge is 0.145 e. The van der Waals surface area contributed by atoms with E-state index >= 15 is 0 Å². The van der Waals surface area contributed by atoms with Crippen molar-refractivity contribution in [3.8, 4) is 17.0 Å². The van der Waals surface area contributed by atoms with E-state index in [2.05, 4.69) is 45.6 Å². The molecule has 0 saturated heterocycles. The minimum atomic E-state index is 0.260. The summed E-state index contributed by atoms with van der Waals surface area (Å²) < 4.78 is 2.05. The van der Waals surface area contributed by atoms with Crippen molar-refractivity contribution in [2.75, 3.05) is 11.9 Å². The molecule has 0 aliphatic carbocycles. The summed E-state index contributed by atoms with van der Waals surface area (Å²) in [5.41, 5.74) is 4.23. The van der Waals surface area contributed by atoms with Crippen LogP contribution in [0.2, 0.25) is 0 Å². The molecule has 0 amide bonds. The Balaban J connectivity index is 1.62. The standard InChI is InChI=1S/C21H20N4O/c1-25-19(16-7-9-17(26)10-8-16)13-18-20(23-14-24-21(18)25)22-12-11-15-5-3-2-4-6-15/h2-10,13-14,26H,11-12H2,1H3,(H,22,23,24). The first-order valence-electron chi connectivity index (χ1n) is 8.60. The zero-order valence-electron chi connectivity index (χ0n) is 14.6. The highest BCUT2D eigenvalue weighted by Gasteiger charge is 2.13. The van der Waals surface area contributed by atoms with Gasteiger partial charge in [0.25, 0.3) is 0 Å². The van der Waals surface area contributed by atoms with Crippen LogP contribution in [-0.4, -0.2) is 26.2 Å². The molecule has 2 N–H and O–H groups in total. The van der Waals surface area contributed by atoms with Gasteiger partial charge in [0.2, 0.25) is 0 Å². The van der Waals surface area contributed by atoms with Gasteiger partial charge in [0, 0.05) is 13.6 Å². The van der Waals surface area contributed by atoms with E-state index in [0.29, 0.717) is 0 Å². The molecule has 0 unspecified atom stereocenters. The maximum atomic E-state index is 9.51. The first kappa shape index (κ1) is 16.1. The molecule has 5 nitrogen and oxygen atoms in total. The van der Waals surface area contributed by atoms with Crippen molar-refractivity contribution in [1.82, 2.24) is 14.5 Å². The van der Waals surface area contributed by atoms with Gasteiger partial charge in [0.1, 0.15) is 23.5 Å². The second-order valence-corrected chi connectivity index (χ2v) is 6.26. The molecule has 5 heteroatoms. The van der Waals surface area contributed by atoms with Gasteiger partial charge in [0.05, 0.1) is 11.1 Å². The molecule has 0 atom stereocenters. The van der Waals surface area contributed by atoms with E-state index in [-0.39, 0.29) is 5.75 Å². The summed E-state index contributed by atoms with van der Waals surface area (Å²) in [4.78, 5) is 8.86. The molecule has 0 aliphatic rings. The molecule has 2 aromatic heterocycles. The molecule has 4 aromatic rings. The number of aryl methyl sites for hydroxylation is 1. The number of nitrogens with one attached hydrogen (secondary N) is 1. The first-order chi connectivity index (χ1) is 12.7. The van der Waals surface area contributed by atoms with Gasteiger partial charge in [-0.3, -0.25) is 0 Å². The molecule has 0 spiro atoms. The Morgan fingerprint density at radius 1 is 1.00 bits per heavy atom. The molecule has 0 bridgehead atoms. The van der Waals surface area contributed by atoms with Crippen LogP contribution in [0.1, 0.15) is 5.56 Å². The van der Waals surface area contributed by atoms with Crippen molar-refractivity contribution in [2.45, 2.75) is 6.42 Å². The molecule has 2 aromatic carbocycles. The summed E-state index contributed by atoms with van der Waals surface area (Å²) in [5.74, 6) is 1.10. The number of benzene rings is 2. The fraction of sp³-hybridized carbons (Fsp3) is 0.143. The van der Waals surface area contributed by atoms with Crippen molar-refractivity contribution in [2.24, 2.45) is 7.05 Å². The summed E-state index contributed by atoms with van der Waals surface area (Å²) >= 11 is 0. The molecular weight excluding hydrogens is 324 g/mol. The number of phenolic OH excluding ortho intramolecular Hbond substituents is 1. The van der Waals surface area contributed by atoms with Gasteiger partial charge in [-0.05, 0) is 47.9 Å². The molecular formula is C21H20N4O. The van der Waals surface area contributed by atoms with E-state index in [1.807, 2.05) is 29.8 Å². The molecule has 130 valence electrons. The van der Waals surface area contributed by atoms with Crippen molar-refractivity contribution >= 4 is 16.9 Å².